The molecule has 2 rings (SSSR count). The van der Waals surface area contributed by atoms with E-state index in [0.717, 1.165) is 6.26 Å². The molecule has 2 N–H and O–H groups in total. The lowest BCUT2D eigenvalue weighted by molar-refractivity contribution is -0.111. The Hall–Kier alpha value is -1.73. The van der Waals surface area contributed by atoms with Crippen molar-refractivity contribution < 1.29 is 13.2 Å². The third kappa shape index (κ3) is 2.69. The predicted molar refractivity (Wildman–Crippen MR) is 62.8 cm³/mol. The van der Waals surface area contributed by atoms with E-state index in [2.05, 4.69) is 15.8 Å². The lowest BCUT2D eigenvalue weighted by atomic mass is 10.3. The van der Waals surface area contributed by atoms with Crippen molar-refractivity contribution in [2.75, 3.05) is 12.8 Å². The number of amidine groups is 1. The van der Waals surface area contributed by atoms with Gasteiger partial charge in [-0.25, -0.2) is 18.8 Å². The molecule has 0 aliphatic carbocycles. The Morgan fingerprint density at radius 2 is 1.88 bits per heavy atom. The van der Waals surface area contributed by atoms with Crippen LogP contribution in [0.2, 0.25) is 0 Å². The highest BCUT2D eigenvalue weighted by molar-refractivity contribution is 7.90. The molecule has 0 radical (unpaired) electrons. The Morgan fingerprint density at radius 1 is 1.24 bits per heavy atom. The normalized spacial score (nSPS) is 18.4. The number of rotatable bonds is 2. The van der Waals surface area contributed by atoms with E-state index in [9.17, 15) is 13.2 Å². The standard InChI is InChI=1S/C10H11N3O3S/c1-17(15,16)8-4-2-7(3-5-8)12-10-9(14)6-11-13-10/h2-5,11H,6H2,1H3,(H,12,13). The molecule has 0 unspecified atom stereocenters. The van der Waals surface area contributed by atoms with Crippen LogP contribution >= 0.6 is 0 Å². The van der Waals surface area contributed by atoms with Crippen LogP contribution in [0, 0.1) is 0 Å². The van der Waals surface area contributed by atoms with Gasteiger partial charge < -0.3 is 5.43 Å². The first-order valence-corrected chi connectivity index (χ1v) is 6.77. The maximum atomic E-state index is 11.3. The van der Waals surface area contributed by atoms with Crippen molar-refractivity contribution in [1.29, 1.82) is 0 Å². The van der Waals surface area contributed by atoms with Gasteiger partial charge in [0.1, 0.15) is 0 Å². The van der Waals surface area contributed by atoms with Crippen LogP contribution in [0.1, 0.15) is 0 Å². The van der Waals surface area contributed by atoms with Crippen molar-refractivity contribution >= 4 is 27.1 Å². The fraction of sp³-hybridized carbons (Fsp3) is 0.200. The molecule has 1 aliphatic heterocycles. The number of hydrazine groups is 1. The first-order valence-electron chi connectivity index (χ1n) is 4.88. The molecule has 1 aliphatic rings. The summed E-state index contributed by atoms with van der Waals surface area (Å²) < 4.78 is 22.5. The fourth-order valence-corrected chi connectivity index (χ4v) is 1.98. The Balaban J connectivity index is 2.28. The minimum absolute atomic E-state index is 0.128. The van der Waals surface area contributed by atoms with E-state index < -0.39 is 9.84 Å². The van der Waals surface area contributed by atoms with E-state index in [0.29, 0.717) is 5.69 Å². The highest BCUT2D eigenvalue weighted by Gasteiger charge is 2.17. The zero-order valence-electron chi connectivity index (χ0n) is 9.10. The molecule has 0 bridgehead atoms. The number of ketones is 1. The predicted octanol–water partition coefficient (Wildman–Crippen LogP) is -0.203. The molecule has 6 nitrogen and oxygen atoms in total. The number of hydrogen-bond acceptors (Lipinski definition) is 5. The number of hydrogen-bond donors (Lipinski definition) is 2. The van der Waals surface area contributed by atoms with Gasteiger partial charge in [-0.2, -0.15) is 0 Å². The zero-order valence-corrected chi connectivity index (χ0v) is 9.91. The Bertz CT molecular complexity index is 575. The molecule has 0 amide bonds. The molecule has 1 aromatic carbocycles. The molecule has 0 saturated carbocycles. The van der Waals surface area contributed by atoms with Crippen molar-refractivity contribution in [3.8, 4) is 0 Å². The Kier molecular flexibility index (Phi) is 2.95. The molecule has 17 heavy (non-hydrogen) atoms. The van der Waals surface area contributed by atoms with Gasteiger partial charge in [0.2, 0.25) is 5.78 Å². The van der Waals surface area contributed by atoms with Gasteiger partial charge in [0.15, 0.2) is 15.7 Å². The number of Topliss-reactive ketones (excluding diaryl/α,β-unsaturated/α-hetero) is 1. The lowest BCUT2D eigenvalue weighted by Gasteiger charge is -1.99. The zero-order chi connectivity index (χ0) is 12.5. The van der Waals surface area contributed by atoms with Crippen molar-refractivity contribution in [2.24, 2.45) is 4.99 Å². The van der Waals surface area contributed by atoms with Crippen LogP contribution in [-0.2, 0) is 14.6 Å². The molecule has 90 valence electrons. The summed E-state index contributed by atoms with van der Waals surface area (Å²) in [5, 5.41) is 0. The van der Waals surface area contributed by atoms with Gasteiger partial charge >= 0.3 is 0 Å². The lowest BCUT2D eigenvalue weighted by Crippen LogP contribution is -2.26. The molecule has 0 aromatic heterocycles. The maximum Gasteiger partial charge on any atom is 0.214 e. The third-order valence-electron chi connectivity index (χ3n) is 2.23. The second-order valence-electron chi connectivity index (χ2n) is 3.63. The van der Waals surface area contributed by atoms with Gasteiger partial charge in [0, 0.05) is 6.26 Å². The average molecular weight is 253 g/mol. The number of nitrogens with zero attached hydrogens (tertiary/aromatic N) is 1. The molecule has 0 spiro atoms. The van der Waals surface area contributed by atoms with Gasteiger partial charge in [-0.05, 0) is 24.3 Å². The van der Waals surface area contributed by atoms with E-state index in [4.69, 9.17) is 0 Å². The number of aliphatic imine (C=N–C) groups is 1. The van der Waals surface area contributed by atoms with Gasteiger partial charge in [-0.1, -0.05) is 0 Å². The smallest absolute Gasteiger partial charge is 0.214 e. The Labute approximate surface area is 98.6 Å². The molecular weight excluding hydrogens is 242 g/mol. The average Bonchev–Trinajstić information content (AvgIpc) is 2.64. The highest BCUT2D eigenvalue weighted by atomic mass is 32.2. The summed E-state index contributed by atoms with van der Waals surface area (Å²) in [6.07, 6.45) is 1.14. The van der Waals surface area contributed by atoms with Crippen LogP contribution in [0.4, 0.5) is 5.69 Å². The second kappa shape index (κ2) is 4.27. The van der Waals surface area contributed by atoms with E-state index >= 15 is 0 Å². The number of benzene rings is 1. The molecule has 1 saturated heterocycles. The SMILES string of the molecule is CS(=O)(=O)c1ccc(N=C2NNCC2=O)cc1. The highest BCUT2D eigenvalue weighted by Crippen LogP contribution is 2.16. The van der Waals surface area contributed by atoms with Gasteiger partial charge in [-0.3, -0.25) is 4.79 Å². The summed E-state index contributed by atoms with van der Waals surface area (Å²) >= 11 is 0. The summed E-state index contributed by atoms with van der Waals surface area (Å²) in [5.41, 5.74) is 5.81. The topological polar surface area (TPSA) is 87.6 Å². The second-order valence-corrected chi connectivity index (χ2v) is 5.64. The van der Waals surface area contributed by atoms with E-state index in [1.54, 1.807) is 12.1 Å². The van der Waals surface area contributed by atoms with Crippen LogP contribution in [0.5, 0.6) is 0 Å². The third-order valence-corrected chi connectivity index (χ3v) is 3.35. The minimum Gasteiger partial charge on any atom is -0.302 e. The maximum absolute atomic E-state index is 11.3. The van der Waals surface area contributed by atoms with Crippen molar-refractivity contribution in [3.05, 3.63) is 24.3 Å². The van der Waals surface area contributed by atoms with Gasteiger partial charge in [-0.15, -0.1) is 0 Å². The van der Waals surface area contributed by atoms with Crippen LogP contribution in [0.3, 0.4) is 0 Å². The van der Waals surface area contributed by atoms with Crippen LogP contribution < -0.4 is 10.9 Å². The fourth-order valence-electron chi connectivity index (χ4n) is 1.35. The summed E-state index contributed by atoms with van der Waals surface area (Å²) in [6, 6.07) is 6.02. The van der Waals surface area contributed by atoms with Crippen molar-refractivity contribution in [3.63, 3.8) is 0 Å². The summed E-state index contributed by atoms with van der Waals surface area (Å²) in [5.74, 6) is 0.106. The van der Waals surface area contributed by atoms with Crippen LogP contribution in [0.15, 0.2) is 34.2 Å². The quantitative estimate of drug-likeness (QED) is 0.762. The summed E-state index contributed by atoms with van der Waals surface area (Å²) in [4.78, 5) is 15.5. The van der Waals surface area contributed by atoms with Crippen molar-refractivity contribution in [1.82, 2.24) is 10.9 Å². The van der Waals surface area contributed by atoms with E-state index in [1.807, 2.05) is 0 Å². The number of nitrogens with one attached hydrogen (secondary N) is 2. The molecular formula is C10H11N3O3S. The largest absolute Gasteiger partial charge is 0.302 e. The van der Waals surface area contributed by atoms with Gasteiger partial charge in [0.25, 0.3) is 0 Å². The number of carbonyl (C=O) groups excluding carboxylic acids is 1. The molecule has 7 heteroatoms. The van der Waals surface area contributed by atoms with Crippen LogP contribution in [0.25, 0.3) is 0 Å². The number of sulfone groups is 1. The molecule has 1 fully saturated rings. The number of carbonyl (C=O) groups is 1. The summed E-state index contributed by atoms with van der Waals surface area (Å²) in [7, 11) is -3.20. The monoisotopic (exact) mass is 253 g/mol. The molecule has 1 heterocycles. The first-order chi connectivity index (χ1) is 7.97. The van der Waals surface area contributed by atoms with Gasteiger partial charge in [0.05, 0.1) is 17.1 Å². The van der Waals surface area contributed by atoms with E-state index in [1.165, 1.54) is 12.1 Å². The van der Waals surface area contributed by atoms with E-state index in [-0.39, 0.29) is 23.1 Å². The first kappa shape index (κ1) is 11.7. The Morgan fingerprint density at radius 3 is 2.35 bits per heavy atom. The molecule has 1 aromatic rings. The van der Waals surface area contributed by atoms with Crippen LogP contribution in [-0.4, -0.2) is 32.8 Å². The minimum atomic E-state index is -3.20. The summed E-state index contributed by atoms with van der Waals surface area (Å²) in [6.45, 7) is 0.209. The molecule has 0 atom stereocenters. The van der Waals surface area contributed by atoms with Crippen molar-refractivity contribution in [2.45, 2.75) is 4.90 Å².